The molecule has 0 aliphatic carbocycles. The molecule has 4 aromatic rings. The zero-order valence-electron chi connectivity index (χ0n) is 20.3. The second-order valence-electron chi connectivity index (χ2n) is 8.92. The Morgan fingerprint density at radius 1 is 1.25 bits per heavy atom. The molecule has 5 rings (SSSR count). The molecule has 1 N–H and O–H groups in total. The van der Waals surface area contributed by atoms with Gasteiger partial charge in [0.1, 0.15) is 5.75 Å². The Morgan fingerprint density at radius 2 is 2.06 bits per heavy atom. The van der Waals surface area contributed by atoms with Crippen LogP contribution in [0, 0.1) is 5.92 Å². The zero-order chi connectivity index (χ0) is 23.8. The molecule has 2 aromatic carbocycles. The van der Waals surface area contributed by atoms with Crippen molar-refractivity contribution in [1.29, 1.82) is 0 Å². The van der Waals surface area contributed by atoms with Crippen molar-refractivity contribution in [3.05, 3.63) is 64.9 Å². The summed E-state index contributed by atoms with van der Waals surface area (Å²) in [5, 5.41) is 8.57. The van der Waals surface area contributed by atoms with Crippen LogP contribution in [0.25, 0.3) is 22.0 Å². The molecule has 2 aromatic heterocycles. The Hall–Kier alpha value is -2.33. The van der Waals surface area contributed by atoms with Crippen molar-refractivity contribution in [2.24, 2.45) is 5.92 Å². The Balaban J connectivity index is 0.00000180. The van der Waals surface area contributed by atoms with Crippen molar-refractivity contribution >= 4 is 62.3 Å². The molecule has 0 amide bonds. The van der Waals surface area contributed by atoms with Gasteiger partial charge in [-0.25, -0.2) is 5.10 Å². The SMILES string of the molecule is Br.Br.COc1[nH]ncc1-c1ccc2c(C(=O)[C@@H]3COc4ccc(Cl)cc4C3)cn(CCN(C)C)c2c1. The Labute approximate surface area is 236 Å². The second-order valence-corrected chi connectivity index (χ2v) is 9.35. The summed E-state index contributed by atoms with van der Waals surface area (Å²) < 4.78 is 13.5. The minimum Gasteiger partial charge on any atom is -0.493 e. The first-order chi connectivity index (χ1) is 16.4. The number of halogens is 3. The smallest absolute Gasteiger partial charge is 0.216 e. The number of H-pyrrole nitrogens is 1. The number of rotatable bonds is 7. The molecule has 7 nitrogen and oxygen atoms in total. The average Bonchev–Trinajstić information content (AvgIpc) is 3.46. The number of fused-ring (bicyclic) bond motifs is 2. The maximum absolute atomic E-state index is 13.7. The summed E-state index contributed by atoms with van der Waals surface area (Å²) >= 11 is 6.18. The van der Waals surface area contributed by atoms with Gasteiger partial charge in [0, 0.05) is 40.8 Å². The summed E-state index contributed by atoms with van der Waals surface area (Å²) in [7, 11) is 5.70. The highest BCUT2D eigenvalue weighted by Crippen LogP contribution is 2.35. The standard InChI is InChI=1S/C26H27ClN4O3.2BrH/c1-30(2)8-9-31-14-22(25(32)18-10-17-11-19(27)5-7-24(17)34-15-18)20-6-4-16(12-23(20)31)21-13-28-29-26(21)33-3;;/h4-7,11-14,18H,8-10,15H2,1-3H3,(H,28,29);2*1H/t18-;;/m0../s1. The van der Waals surface area contributed by atoms with E-state index in [-0.39, 0.29) is 45.7 Å². The Kier molecular flexibility index (Phi) is 9.27. The summed E-state index contributed by atoms with van der Waals surface area (Å²) in [5.74, 6) is 1.25. The molecule has 1 aliphatic rings. The third-order valence-corrected chi connectivity index (χ3v) is 6.59. The highest BCUT2D eigenvalue weighted by atomic mass is 79.9. The molecular weight excluding hydrogens is 612 g/mol. The van der Waals surface area contributed by atoms with Gasteiger partial charge in [0.2, 0.25) is 5.88 Å². The van der Waals surface area contributed by atoms with Crippen molar-refractivity contribution in [2.45, 2.75) is 13.0 Å². The molecule has 3 heterocycles. The molecule has 0 bridgehead atoms. The molecule has 36 heavy (non-hydrogen) atoms. The number of Topliss-reactive ketones (excluding diaryl/α,β-unsaturated/α-hetero) is 1. The maximum Gasteiger partial charge on any atom is 0.216 e. The summed E-state index contributed by atoms with van der Waals surface area (Å²) in [5.41, 5.74) is 4.56. The van der Waals surface area contributed by atoms with E-state index in [4.69, 9.17) is 21.1 Å². The van der Waals surface area contributed by atoms with Crippen molar-refractivity contribution < 1.29 is 14.3 Å². The summed E-state index contributed by atoms with van der Waals surface area (Å²) in [4.78, 5) is 15.8. The molecule has 0 spiro atoms. The van der Waals surface area contributed by atoms with E-state index in [1.807, 2.05) is 50.6 Å². The van der Waals surface area contributed by atoms with Crippen LogP contribution in [0.1, 0.15) is 15.9 Å². The molecular formula is C26H29Br2ClN4O3. The number of aromatic amines is 1. The molecule has 192 valence electrons. The van der Waals surface area contributed by atoms with Crippen LogP contribution >= 0.6 is 45.6 Å². The van der Waals surface area contributed by atoms with Crippen LogP contribution in [0.15, 0.2) is 48.8 Å². The largest absolute Gasteiger partial charge is 0.493 e. The minimum absolute atomic E-state index is 0. The highest BCUT2D eigenvalue weighted by Gasteiger charge is 2.29. The normalized spacial score (nSPS) is 14.5. The number of carbonyl (C=O) groups excluding carboxylic acids is 1. The monoisotopic (exact) mass is 638 g/mol. The molecule has 0 fully saturated rings. The molecule has 0 radical (unpaired) electrons. The average molecular weight is 641 g/mol. The van der Waals surface area contributed by atoms with E-state index < -0.39 is 0 Å². The number of ether oxygens (including phenoxy) is 2. The van der Waals surface area contributed by atoms with Gasteiger partial charge in [-0.2, -0.15) is 5.10 Å². The van der Waals surface area contributed by atoms with Gasteiger partial charge in [-0.3, -0.25) is 4.79 Å². The van der Waals surface area contributed by atoms with Crippen molar-refractivity contribution in [3.8, 4) is 22.8 Å². The van der Waals surface area contributed by atoms with Gasteiger partial charge >= 0.3 is 0 Å². The number of aromatic nitrogens is 3. The topological polar surface area (TPSA) is 72.4 Å². The van der Waals surface area contributed by atoms with Gasteiger partial charge in [0.05, 0.1) is 31.4 Å². The first-order valence-electron chi connectivity index (χ1n) is 11.3. The number of nitrogens with zero attached hydrogens (tertiary/aromatic N) is 3. The van der Waals surface area contributed by atoms with Gasteiger partial charge in [-0.1, -0.05) is 23.7 Å². The van der Waals surface area contributed by atoms with E-state index in [1.54, 1.807) is 13.3 Å². The van der Waals surface area contributed by atoms with Crippen molar-refractivity contribution in [1.82, 2.24) is 19.7 Å². The summed E-state index contributed by atoms with van der Waals surface area (Å²) in [6.45, 7) is 1.99. The van der Waals surface area contributed by atoms with Gasteiger partial charge in [-0.05, 0) is 55.9 Å². The van der Waals surface area contributed by atoms with E-state index in [9.17, 15) is 4.79 Å². The van der Waals surface area contributed by atoms with E-state index in [1.165, 1.54) is 0 Å². The lowest BCUT2D eigenvalue weighted by molar-refractivity contribution is 0.0856. The zero-order valence-corrected chi connectivity index (χ0v) is 24.5. The van der Waals surface area contributed by atoms with Crippen LogP contribution in [0.5, 0.6) is 11.6 Å². The number of ketones is 1. The van der Waals surface area contributed by atoms with Crippen molar-refractivity contribution in [3.63, 3.8) is 0 Å². The number of likely N-dealkylation sites (N-methyl/N-ethyl adjacent to an activating group) is 1. The quantitative estimate of drug-likeness (QED) is 0.257. The number of methoxy groups -OCH3 is 1. The first kappa shape index (κ1) is 28.2. The highest BCUT2D eigenvalue weighted by molar-refractivity contribution is 8.93. The summed E-state index contributed by atoms with van der Waals surface area (Å²) in [6, 6.07) is 11.7. The lowest BCUT2D eigenvalue weighted by Gasteiger charge is -2.24. The van der Waals surface area contributed by atoms with E-state index in [0.717, 1.165) is 52.0 Å². The molecule has 0 saturated carbocycles. The predicted molar refractivity (Wildman–Crippen MR) is 154 cm³/mol. The van der Waals surface area contributed by atoms with E-state index in [2.05, 4.69) is 25.7 Å². The molecule has 0 unspecified atom stereocenters. The number of nitrogens with one attached hydrogen (secondary N) is 1. The number of hydrogen-bond donors (Lipinski definition) is 1. The fraction of sp³-hybridized carbons (Fsp3) is 0.308. The molecule has 0 saturated heterocycles. The van der Waals surface area contributed by atoms with Gasteiger partial charge < -0.3 is 18.9 Å². The lowest BCUT2D eigenvalue weighted by atomic mass is 9.89. The minimum atomic E-state index is -0.257. The third-order valence-electron chi connectivity index (χ3n) is 6.36. The third kappa shape index (κ3) is 5.49. The molecule has 1 aliphatic heterocycles. The first-order valence-corrected chi connectivity index (χ1v) is 11.6. The maximum atomic E-state index is 13.7. The van der Waals surface area contributed by atoms with Gasteiger partial charge in [0.15, 0.2) is 5.78 Å². The summed E-state index contributed by atoms with van der Waals surface area (Å²) in [6.07, 6.45) is 4.35. The van der Waals surface area contributed by atoms with Crippen LogP contribution in [0.3, 0.4) is 0 Å². The molecule has 1 atom stereocenters. The predicted octanol–water partition coefficient (Wildman–Crippen LogP) is 5.84. The molecule has 10 heteroatoms. The van der Waals surface area contributed by atoms with E-state index >= 15 is 0 Å². The van der Waals surface area contributed by atoms with Gasteiger partial charge in [0.25, 0.3) is 0 Å². The lowest BCUT2D eigenvalue weighted by Crippen LogP contribution is -2.28. The second kappa shape index (κ2) is 11.8. The number of carbonyl (C=O) groups is 1. The van der Waals surface area contributed by atoms with Crippen LogP contribution in [0.2, 0.25) is 5.02 Å². The number of hydrogen-bond acceptors (Lipinski definition) is 5. The van der Waals surface area contributed by atoms with Gasteiger partial charge in [-0.15, -0.1) is 34.0 Å². The van der Waals surface area contributed by atoms with Crippen LogP contribution in [0.4, 0.5) is 0 Å². The fourth-order valence-corrected chi connectivity index (χ4v) is 4.73. The van der Waals surface area contributed by atoms with Crippen LogP contribution in [-0.4, -0.2) is 59.8 Å². The number of benzene rings is 2. The Bertz CT molecular complexity index is 1370. The van der Waals surface area contributed by atoms with E-state index in [0.29, 0.717) is 23.9 Å². The van der Waals surface area contributed by atoms with Crippen LogP contribution in [-0.2, 0) is 13.0 Å². The van der Waals surface area contributed by atoms with Crippen molar-refractivity contribution in [2.75, 3.05) is 34.4 Å². The van der Waals surface area contributed by atoms with Crippen LogP contribution < -0.4 is 9.47 Å². The fourth-order valence-electron chi connectivity index (χ4n) is 4.54. The Morgan fingerprint density at radius 3 is 2.81 bits per heavy atom.